The van der Waals surface area contributed by atoms with Crippen LogP contribution in [-0.4, -0.2) is 24.6 Å². The van der Waals surface area contributed by atoms with Gasteiger partial charge in [-0.25, -0.2) is 0 Å². The van der Waals surface area contributed by atoms with E-state index < -0.39 is 0 Å². The highest BCUT2D eigenvalue weighted by atomic mass is 16.3. The van der Waals surface area contributed by atoms with Gasteiger partial charge in [0.1, 0.15) is 5.75 Å². The van der Waals surface area contributed by atoms with E-state index in [1.807, 2.05) is 25.1 Å². The number of hydrogen-bond donors (Lipinski definition) is 3. The second-order valence-electron chi connectivity index (χ2n) is 3.36. The van der Waals surface area contributed by atoms with Crippen molar-refractivity contribution in [3.05, 3.63) is 29.3 Å². The van der Waals surface area contributed by atoms with Crippen LogP contribution in [0.15, 0.2) is 18.2 Å². The van der Waals surface area contributed by atoms with Gasteiger partial charge in [0.2, 0.25) is 5.91 Å². The van der Waals surface area contributed by atoms with E-state index in [4.69, 9.17) is 0 Å². The summed E-state index contributed by atoms with van der Waals surface area (Å²) in [6.07, 6.45) is 0. The third-order valence-corrected chi connectivity index (χ3v) is 2.20. The monoisotopic (exact) mass is 208 g/mol. The SMILES string of the molecule is CNC(=O)CNCc1cccc(C)c1O. The second-order valence-corrected chi connectivity index (χ2v) is 3.36. The molecule has 0 saturated heterocycles. The van der Waals surface area contributed by atoms with Gasteiger partial charge in [-0.2, -0.15) is 0 Å². The van der Waals surface area contributed by atoms with Crippen molar-refractivity contribution in [3.8, 4) is 5.75 Å². The fraction of sp³-hybridized carbons (Fsp3) is 0.364. The molecule has 0 aromatic heterocycles. The first-order valence-electron chi connectivity index (χ1n) is 4.84. The lowest BCUT2D eigenvalue weighted by Gasteiger charge is -2.07. The van der Waals surface area contributed by atoms with E-state index in [2.05, 4.69) is 10.6 Å². The van der Waals surface area contributed by atoms with Crippen molar-refractivity contribution in [2.75, 3.05) is 13.6 Å². The molecule has 0 bridgehead atoms. The summed E-state index contributed by atoms with van der Waals surface area (Å²) in [6.45, 7) is 2.59. The number of hydrogen-bond acceptors (Lipinski definition) is 3. The summed E-state index contributed by atoms with van der Waals surface area (Å²) in [4.78, 5) is 10.9. The third-order valence-electron chi connectivity index (χ3n) is 2.20. The van der Waals surface area contributed by atoms with E-state index in [9.17, 15) is 9.90 Å². The Morgan fingerprint density at radius 1 is 1.47 bits per heavy atom. The number of carbonyl (C=O) groups excluding carboxylic acids is 1. The molecule has 0 aliphatic carbocycles. The highest BCUT2D eigenvalue weighted by Gasteiger charge is 2.03. The summed E-state index contributed by atoms with van der Waals surface area (Å²) in [5, 5.41) is 15.1. The predicted molar refractivity (Wildman–Crippen MR) is 58.6 cm³/mol. The molecular formula is C11H16N2O2. The van der Waals surface area contributed by atoms with Gasteiger partial charge in [0.25, 0.3) is 0 Å². The summed E-state index contributed by atoms with van der Waals surface area (Å²) in [6, 6.07) is 5.56. The van der Waals surface area contributed by atoms with Crippen molar-refractivity contribution in [2.24, 2.45) is 0 Å². The van der Waals surface area contributed by atoms with Crippen LogP contribution in [0.4, 0.5) is 0 Å². The van der Waals surface area contributed by atoms with Crippen LogP contribution in [0.2, 0.25) is 0 Å². The molecule has 3 N–H and O–H groups in total. The van der Waals surface area contributed by atoms with Crippen molar-refractivity contribution >= 4 is 5.91 Å². The maximum absolute atomic E-state index is 10.9. The molecule has 0 atom stereocenters. The normalized spacial score (nSPS) is 10.0. The van der Waals surface area contributed by atoms with Crippen molar-refractivity contribution in [1.29, 1.82) is 0 Å². The summed E-state index contributed by atoms with van der Waals surface area (Å²) in [5.41, 5.74) is 1.65. The number of nitrogens with one attached hydrogen (secondary N) is 2. The molecule has 4 nitrogen and oxygen atoms in total. The first-order chi connectivity index (χ1) is 7.15. The molecule has 0 saturated carbocycles. The molecule has 0 fully saturated rings. The number of aryl methyl sites for hydroxylation is 1. The maximum Gasteiger partial charge on any atom is 0.233 e. The fourth-order valence-electron chi connectivity index (χ4n) is 1.26. The first-order valence-corrected chi connectivity index (χ1v) is 4.84. The topological polar surface area (TPSA) is 61.4 Å². The quantitative estimate of drug-likeness (QED) is 0.676. The van der Waals surface area contributed by atoms with Crippen LogP contribution in [0.3, 0.4) is 0 Å². The van der Waals surface area contributed by atoms with E-state index in [1.54, 1.807) is 7.05 Å². The van der Waals surface area contributed by atoms with Crippen LogP contribution < -0.4 is 10.6 Å². The lowest BCUT2D eigenvalue weighted by atomic mass is 10.1. The highest BCUT2D eigenvalue weighted by Crippen LogP contribution is 2.20. The molecule has 0 unspecified atom stereocenters. The second kappa shape index (κ2) is 5.36. The number of rotatable bonds is 4. The number of benzene rings is 1. The Bertz CT molecular complexity index is 350. The number of carbonyl (C=O) groups is 1. The molecule has 4 heteroatoms. The third kappa shape index (κ3) is 3.25. The number of likely N-dealkylation sites (N-methyl/N-ethyl adjacent to an activating group) is 1. The molecule has 1 rings (SSSR count). The molecular weight excluding hydrogens is 192 g/mol. The minimum atomic E-state index is -0.0675. The van der Waals surface area contributed by atoms with E-state index in [0.717, 1.165) is 11.1 Å². The minimum absolute atomic E-state index is 0.0675. The fourth-order valence-corrected chi connectivity index (χ4v) is 1.26. The van der Waals surface area contributed by atoms with E-state index in [0.29, 0.717) is 12.3 Å². The molecule has 0 spiro atoms. The average Bonchev–Trinajstić information content (AvgIpc) is 2.24. The van der Waals surface area contributed by atoms with Gasteiger partial charge >= 0.3 is 0 Å². The Morgan fingerprint density at radius 2 is 2.20 bits per heavy atom. The van der Waals surface area contributed by atoms with Gasteiger partial charge in [0.15, 0.2) is 0 Å². The Morgan fingerprint density at radius 3 is 2.87 bits per heavy atom. The van der Waals surface area contributed by atoms with Crippen LogP contribution in [-0.2, 0) is 11.3 Å². The lowest BCUT2D eigenvalue weighted by molar-refractivity contribution is -0.119. The van der Waals surface area contributed by atoms with Crippen LogP contribution in [0.25, 0.3) is 0 Å². The number of aromatic hydroxyl groups is 1. The highest BCUT2D eigenvalue weighted by molar-refractivity contribution is 5.77. The van der Waals surface area contributed by atoms with Gasteiger partial charge < -0.3 is 15.7 Å². The molecule has 0 radical (unpaired) electrons. The van der Waals surface area contributed by atoms with Crippen molar-refractivity contribution in [2.45, 2.75) is 13.5 Å². The molecule has 1 amide bonds. The van der Waals surface area contributed by atoms with E-state index >= 15 is 0 Å². The Labute approximate surface area is 89.3 Å². The zero-order chi connectivity index (χ0) is 11.3. The van der Waals surface area contributed by atoms with E-state index in [1.165, 1.54) is 0 Å². The number of para-hydroxylation sites is 1. The van der Waals surface area contributed by atoms with Crippen molar-refractivity contribution in [3.63, 3.8) is 0 Å². The average molecular weight is 208 g/mol. The standard InChI is InChI=1S/C11H16N2O2/c1-8-4-3-5-9(11(8)15)6-13-7-10(14)12-2/h3-5,13,15H,6-7H2,1-2H3,(H,12,14). The van der Waals surface area contributed by atoms with E-state index in [-0.39, 0.29) is 12.5 Å². The van der Waals surface area contributed by atoms with Crippen LogP contribution in [0, 0.1) is 6.92 Å². The largest absolute Gasteiger partial charge is 0.507 e. The van der Waals surface area contributed by atoms with Gasteiger partial charge in [-0.15, -0.1) is 0 Å². The van der Waals surface area contributed by atoms with Gasteiger partial charge in [-0.1, -0.05) is 18.2 Å². The molecule has 1 aromatic carbocycles. The number of phenolic OH excluding ortho intramolecular Hbond substituents is 1. The van der Waals surface area contributed by atoms with Crippen LogP contribution in [0.5, 0.6) is 5.75 Å². The Hall–Kier alpha value is -1.55. The van der Waals surface area contributed by atoms with Gasteiger partial charge in [-0.3, -0.25) is 4.79 Å². The summed E-state index contributed by atoms with van der Waals surface area (Å²) in [5.74, 6) is 0.226. The zero-order valence-corrected chi connectivity index (χ0v) is 9.00. The maximum atomic E-state index is 10.9. The van der Waals surface area contributed by atoms with Crippen molar-refractivity contribution < 1.29 is 9.90 Å². The lowest BCUT2D eigenvalue weighted by Crippen LogP contribution is -2.30. The molecule has 15 heavy (non-hydrogen) atoms. The molecule has 1 aromatic rings. The molecule has 0 aliphatic heterocycles. The molecule has 82 valence electrons. The summed E-state index contributed by atoms with van der Waals surface area (Å²) >= 11 is 0. The van der Waals surface area contributed by atoms with Gasteiger partial charge in [0.05, 0.1) is 6.54 Å². The summed E-state index contributed by atoms with van der Waals surface area (Å²) in [7, 11) is 1.59. The van der Waals surface area contributed by atoms with Crippen LogP contribution >= 0.6 is 0 Å². The number of amides is 1. The van der Waals surface area contributed by atoms with Gasteiger partial charge in [0, 0.05) is 19.2 Å². The Balaban J connectivity index is 2.51. The van der Waals surface area contributed by atoms with Crippen molar-refractivity contribution in [1.82, 2.24) is 10.6 Å². The number of phenols is 1. The minimum Gasteiger partial charge on any atom is -0.507 e. The zero-order valence-electron chi connectivity index (χ0n) is 9.00. The molecule has 0 heterocycles. The van der Waals surface area contributed by atoms with Gasteiger partial charge in [-0.05, 0) is 12.5 Å². The molecule has 0 aliphatic rings. The summed E-state index contributed by atoms with van der Waals surface area (Å²) < 4.78 is 0. The first kappa shape index (κ1) is 11.5. The smallest absolute Gasteiger partial charge is 0.233 e. The van der Waals surface area contributed by atoms with Crippen LogP contribution in [0.1, 0.15) is 11.1 Å². The Kier molecular flexibility index (Phi) is 4.12. The predicted octanol–water partition coefficient (Wildman–Crippen LogP) is 0.536.